The molecule has 3 N–H and O–H groups in total. The first-order valence-corrected chi connectivity index (χ1v) is 14.7. The van der Waals surface area contributed by atoms with Gasteiger partial charge in [-0.3, -0.25) is 14.6 Å². The van der Waals surface area contributed by atoms with Crippen molar-refractivity contribution in [2.45, 2.75) is 95.0 Å². The summed E-state index contributed by atoms with van der Waals surface area (Å²) >= 11 is 0. The van der Waals surface area contributed by atoms with E-state index in [9.17, 15) is 24.3 Å². The van der Waals surface area contributed by atoms with Gasteiger partial charge in [-0.05, 0) is 63.8 Å². The molecular formula is C29H38N8O6. The normalized spacial score (nSPS) is 28.9. The van der Waals surface area contributed by atoms with Crippen LogP contribution in [0.2, 0.25) is 0 Å². The van der Waals surface area contributed by atoms with E-state index >= 15 is 0 Å². The molecule has 2 aromatic rings. The van der Waals surface area contributed by atoms with Crippen molar-refractivity contribution in [3.8, 4) is 11.5 Å². The molecule has 0 radical (unpaired) electrons. The van der Waals surface area contributed by atoms with Crippen LogP contribution >= 0.6 is 0 Å². The number of hydrogen-bond acceptors (Lipinski definition) is 9. The maximum atomic E-state index is 14.1. The van der Waals surface area contributed by atoms with Crippen molar-refractivity contribution in [3.63, 3.8) is 0 Å². The SMILES string of the molecule is CC(C)(C)OC(=O)NC1CCCCC/C=C\C2CC2(C(=O)O)NC(=O)C2C[C@@H](n3nnc(-c4ccccn4)n3)CN2C1=O. The average molecular weight is 595 g/mol. The highest BCUT2D eigenvalue weighted by atomic mass is 16.6. The van der Waals surface area contributed by atoms with Crippen LogP contribution in [-0.4, -0.2) is 88.8 Å². The molecule has 14 heteroatoms. The lowest BCUT2D eigenvalue weighted by Gasteiger charge is -2.30. The standard InChI is InChI=1S/C29H38N8O6/c1-28(2,3)43-27(42)31-21-13-8-6-4-5-7-11-18-16-29(18,26(40)41)32-24(38)22-15-19(17-36(22)25(21)39)37-34-23(33-35-37)20-12-9-10-14-30-20/h7,9-12,14,18-19,21-22H,4-6,8,13,15-17H2,1-3H3,(H,31,42)(H,32,38)(H,40,41)/b11-7-/t18?,19-,21?,22?,29?/m1/s1. The number of carbonyl (C=O) groups is 4. The first kappa shape index (κ1) is 30.1. The molecule has 4 heterocycles. The van der Waals surface area contributed by atoms with E-state index in [0.717, 1.165) is 19.3 Å². The van der Waals surface area contributed by atoms with E-state index in [4.69, 9.17) is 4.74 Å². The number of aromatic nitrogens is 5. The zero-order valence-electron chi connectivity index (χ0n) is 24.6. The summed E-state index contributed by atoms with van der Waals surface area (Å²) in [5, 5.41) is 28.3. The second kappa shape index (κ2) is 12.1. The Bertz CT molecular complexity index is 1390. The highest BCUT2D eigenvalue weighted by Gasteiger charge is 2.61. The van der Waals surface area contributed by atoms with Gasteiger partial charge >= 0.3 is 12.1 Å². The fourth-order valence-electron chi connectivity index (χ4n) is 5.67. The van der Waals surface area contributed by atoms with Gasteiger partial charge in [0.05, 0.1) is 6.04 Å². The van der Waals surface area contributed by atoms with Crippen LogP contribution in [0, 0.1) is 5.92 Å². The molecule has 43 heavy (non-hydrogen) atoms. The first-order valence-electron chi connectivity index (χ1n) is 14.7. The molecule has 3 amide bonds. The third-order valence-electron chi connectivity index (χ3n) is 7.98. The van der Waals surface area contributed by atoms with Gasteiger partial charge < -0.3 is 25.4 Å². The third-order valence-corrected chi connectivity index (χ3v) is 7.98. The maximum absolute atomic E-state index is 14.1. The number of rotatable bonds is 4. The van der Waals surface area contributed by atoms with Crippen LogP contribution in [-0.2, 0) is 19.1 Å². The third kappa shape index (κ3) is 6.83. The fourth-order valence-corrected chi connectivity index (χ4v) is 5.67. The Labute approximate surface area is 249 Å². The monoisotopic (exact) mass is 594 g/mol. The largest absolute Gasteiger partial charge is 0.479 e. The number of ether oxygens (including phenoxy) is 1. The van der Waals surface area contributed by atoms with Crippen LogP contribution in [0.3, 0.4) is 0 Å². The number of pyridine rings is 1. The van der Waals surface area contributed by atoms with Crippen LogP contribution in [0.15, 0.2) is 36.5 Å². The molecule has 5 rings (SSSR count). The van der Waals surface area contributed by atoms with Crippen molar-refractivity contribution in [2.24, 2.45) is 5.92 Å². The molecule has 2 fully saturated rings. The number of nitrogens with one attached hydrogen (secondary N) is 2. The molecule has 230 valence electrons. The topological polar surface area (TPSA) is 182 Å². The molecule has 2 aromatic heterocycles. The van der Waals surface area contributed by atoms with Gasteiger partial charge in [-0.2, -0.15) is 4.80 Å². The van der Waals surface area contributed by atoms with Crippen LogP contribution < -0.4 is 10.6 Å². The van der Waals surface area contributed by atoms with E-state index in [0.29, 0.717) is 24.4 Å². The summed E-state index contributed by atoms with van der Waals surface area (Å²) in [7, 11) is 0. The minimum absolute atomic E-state index is 0.0604. The minimum Gasteiger partial charge on any atom is -0.479 e. The van der Waals surface area contributed by atoms with Crippen LogP contribution in [0.25, 0.3) is 11.5 Å². The fraction of sp³-hybridized carbons (Fsp3) is 0.586. The van der Waals surface area contributed by atoms with E-state index in [1.807, 2.05) is 12.2 Å². The van der Waals surface area contributed by atoms with Crippen LogP contribution in [0.5, 0.6) is 0 Å². The number of aliphatic carboxylic acids is 1. The number of amides is 3. The highest BCUT2D eigenvalue weighted by molar-refractivity contribution is 5.96. The Morgan fingerprint density at radius 3 is 2.72 bits per heavy atom. The molecule has 0 spiro atoms. The lowest BCUT2D eigenvalue weighted by atomic mass is 10.0. The molecule has 5 atom stereocenters. The van der Waals surface area contributed by atoms with Gasteiger partial charge in [0.2, 0.25) is 17.6 Å². The summed E-state index contributed by atoms with van der Waals surface area (Å²) in [4.78, 5) is 59.9. The van der Waals surface area contributed by atoms with Gasteiger partial charge in [0.15, 0.2) is 0 Å². The summed E-state index contributed by atoms with van der Waals surface area (Å²) in [5.74, 6) is -2.19. The number of nitrogens with zero attached hydrogens (tertiary/aromatic N) is 6. The van der Waals surface area contributed by atoms with Crippen LogP contribution in [0.1, 0.15) is 71.8 Å². The first-order chi connectivity index (χ1) is 20.5. The molecule has 1 saturated carbocycles. The number of allylic oxidation sites excluding steroid dienone is 1. The molecule has 2 aliphatic heterocycles. The summed E-state index contributed by atoms with van der Waals surface area (Å²) in [6.45, 7) is 5.26. The Morgan fingerprint density at radius 2 is 2.00 bits per heavy atom. The second-order valence-corrected chi connectivity index (χ2v) is 12.4. The van der Waals surface area contributed by atoms with Gasteiger partial charge in [-0.25, -0.2) is 9.59 Å². The van der Waals surface area contributed by atoms with E-state index in [2.05, 4.69) is 31.0 Å². The number of carbonyl (C=O) groups excluding carboxylic acids is 3. The molecule has 0 bridgehead atoms. The molecule has 1 aliphatic carbocycles. The summed E-state index contributed by atoms with van der Waals surface area (Å²) in [6, 6.07) is 2.83. The summed E-state index contributed by atoms with van der Waals surface area (Å²) < 4.78 is 5.43. The summed E-state index contributed by atoms with van der Waals surface area (Å²) in [6.07, 6.45) is 8.51. The highest BCUT2D eigenvalue weighted by Crippen LogP contribution is 2.45. The van der Waals surface area contributed by atoms with Gasteiger partial charge in [0.1, 0.15) is 28.9 Å². The van der Waals surface area contributed by atoms with Crippen molar-refractivity contribution in [1.82, 2.24) is 40.7 Å². The van der Waals surface area contributed by atoms with Crippen molar-refractivity contribution < 1.29 is 29.0 Å². The predicted octanol–water partition coefficient (Wildman–Crippen LogP) is 2.25. The average Bonchev–Trinajstić information content (AvgIpc) is 3.28. The van der Waals surface area contributed by atoms with Crippen molar-refractivity contribution in [2.75, 3.05) is 6.54 Å². The lowest BCUT2D eigenvalue weighted by molar-refractivity contribution is -0.145. The Morgan fingerprint density at radius 1 is 1.19 bits per heavy atom. The number of carboxylic acids is 1. The van der Waals surface area contributed by atoms with Crippen LogP contribution in [0.4, 0.5) is 4.79 Å². The van der Waals surface area contributed by atoms with Crippen molar-refractivity contribution in [1.29, 1.82) is 0 Å². The Kier molecular flexibility index (Phi) is 8.47. The van der Waals surface area contributed by atoms with Gasteiger partial charge in [-0.15, -0.1) is 10.2 Å². The smallest absolute Gasteiger partial charge is 0.408 e. The Hall–Kier alpha value is -4.36. The molecule has 14 nitrogen and oxygen atoms in total. The van der Waals surface area contributed by atoms with E-state index in [1.54, 1.807) is 45.2 Å². The second-order valence-electron chi connectivity index (χ2n) is 12.4. The van der Waals surface area contributed by atoms with E-state index in [-0.39, 0.29) is 25.3 Å². The molecule has 0 aromatic carbocycles. The van der Waals surface area contributed by atoms with E-state index in [1.165, 1.54) is 9.70 Å². The number of tetrazole rings is 1. The predicted molar refractivity (Wildman–Crippen MR) is 152 cm³/mol. The minimum atomic E-state index is -1.42. The van der Waals surface area contributed by atoms with Gasteiger partial charge in [-0.1, -0.05) is 31.1 Å². The number of fused-ring (bicyclic) bond motifs is 2. The molecular weight excluding hydrogens is 556 g/mol. The lowest BCUT2D eigenvalue weighted by Crippen LogP contribution is -2.56. The Balaban J connectivity index is 1.44. The molecule has 1 saturated heterocycles. The maximum Gasteiger partial charge on any atom is 0.408 e. The van der Waals surface area contributed by atoms with Gasteiger partial charge in [0, 0.05) is 25.1 Å². The molecule has 3 aliphatic rings. The van der Waals surface area contributed by atoms with Crippen molar-refractivity contribution in [3.05, 3.63) is 36.5 Å². The molecule has 4 unspecified atom stereocenters. The zero-order chi connectivity index (χ0) is 30.8. The quantitative estimate of drug-likeness (QED) is 0.444. The number of carboxylic acid groups (broad SMARTS) is 1. The zero-order valence-corrected chi connectivity index (χ0v) is 24.6. The van der Waals surface area contributed by atoms with Crippen molar-refractivity contribution >= 4 is 23.9 Å². The number of alkyl carbamates (subject to hydrolysis) is 1. The number of hydrogen-bond donors (Lipinski definition) is 3. The van der Waals surface area contributed by atoms with E-state index < -0.39 is 53.1 Å². The summed E-state index contributed by atoms with van der Waals surface area (Å²) in [5.41, 5.74) is -1.67. The van der Waals surface area contributed by atoms with Gasteiger partial charge in [0.25, 0.3) is 0 Å².